The average molecular weight is 289 g/mol. The Balaban J connectivity index is 2.73. The molecule has 1 aromatic carbocycles. The second-order valence-corrected chi connectivity index (χ2v) is 4.56. The van der Waals surface area contributed by atoms with Gasteiger partial charge in [-0.25, -0.2) is 0 Å². The van der Waals surface area contributed by atoms with Crippen LogP contribution >= 0.6 is 35.0 Å². The Bertz CT molecular complexity index is 386. The largest absolute Gasteiger partial charge is 0.450 e. The van der Waals surface area contributed by atoms with Crippen molar-refractivity contribution >= 4 is 40.7 Å². The Morgan fingerprint density at radius 2 is 1.75 bits per heavy atom. The summed E-state index contributed by atoms with van der Waals surface area (Å²) >= 11 is 12.1. The molecule has 0 spiro atoms. The van der Waals surface area contributed by atoms with Gasteiger partial charge in [-0.1, -0.05) is 29.3 Å². The predicted molar refractivity (Wildman–Crippen MR) is 58.2 cm³/mol. The molecule has 0 aliphatic rings. The molecule has 0 bridgehead atoms. The molecular formula is C9H5Cl2F3OS. The van der Waals surface area contributed by atoms with Crippen molar-refractivity contribution < 1.29 is 18.0 Å². The maximum absolute atomic E-state index is 11.9. The molecule has 0 heterocycles. The number of ketones is 1. The van der Waals surface area contributed by atoms with Crippen LogP contribution in [0.3, 0.4) is 0 Å². The number of alkyl halides is 3. The van der Waals surface area contributed by atoms with E-state index in [-0.39, 0.29) is 14.9 Å². The van der Waals surface area contributed by atoms with Crippen LogP contribution in [-0.2, 0) is 4.79 Å². The highest BCUT2D eigenvalue weighted by atomic mass is 35.5. The van der Waals surface area contributed by atoms with Crippen LogP contribution in [-0.4, -0.2) is 17.7 Å². The van der Waals surface area contributed by atoms with Gasteiger partial charge in [-0.2, -0.15) is 13.2 Å². The van der Waals surface area contributed by atoms with Gasteiger partial charge < -0.3 is 0 Å². The molecule has 0 radical (unpaired) electrons. The first-order valence-electron chi connectivity index (χ1n) is 3.99. The summed E-state index contributed by atoms with van der Waals surface area (Å²) < 4.78 is 35.8. The monoisotopic (exact) mass is 288 g/mol. The van der Waals surface area contributed by atoms with Crippen LogP contribution < -0.4 is 0 Å². The van der Waals surface area contributed by atoms with Gasteiger partial charge in [0.05, 0.1) is 15.8 Å². The van der Waals surface area contributed by atoms with Gasteiger partial charge in [-0.3, -0.25) is 4.79 Å². The van der Waals surface area contributed by atoms with Gasteiger partial charge in [0.15, 0.2) is 0 Å². The normalized spacial score (nSPS) is 11.6. The van der Waals surface area contributed by atoms with Crippen molar-refractivity contribution in [2.45, 2.75) is 11.1 Å². The van der Waals surface area contributed by atoms with E-state index in [0.29, 0.717) is 11.8 Å². The number of Topliss-reactive ketones (excluding diaryl/α,β-unsaturated/α-hetero) is 1. The van der Waals surface area contributed by atoms with Gasteiger partial charge in [-0.15, -0.1) is 11.8 Å². The molecule has 1 nitrogen and oxygen atoms in total. The van der Waals surface area contributed by atoms with Gasteiger partial charge in [0.2, 0.25) is 5.78 Å². The summed E-state index contributed by atoms with van der Waals surface area (Å²) in [5, 5.41) is 0.458. The minimum Gasteiger partial charge on any atom is -0.289 e. The molecule has 0 aromatic heterocycles. The first kappa shape index (κ1) is 13.7. The standard InChI is InChI=1S/C9H5Cl2F3OS/c10-5-2-1-3-6(11)8(5)16-4-7(15)9(12,13)14/h1-3H,4H2. The van der Waals surface area contributed by atoms with E-state index < -0.39 is 17.7 Å². The van der Waals surface area contributed by atoms with Crippen molar-refractivity contribution in [3.63, 3.8) is 0 Å². The van der Waals surface area contributed by atoms with Crippen molar-refractivity contribution in [2.75, 3.05) is 5.75 Å². The van der Waals surface area contributed by atoms with Crippen LogP contribution in [0.2, 0.25) is 10.0 Å². The molecule has 0 saturated carbocycles. The van der Waals surface area contributed by atoms with E-state index in [9.17, 15) is 18.0 Å². The highest BCUT2D eigenvalue weighted by molar-refractivity contribution is 8.00. The van der Waals surface area contributed by atoms with Gasteiger partial charge in [0.25, 0.3) is 0 Å². The van der Waals surface area contributed by atoms with Crippen LogP contribution in [0.5, 0.6) is 0 Å². The van der Waals surface area contributed by atoms with Crippen molar-refractivity contribution in [1.29, 1.82) is 0 Å². The summed E-state index contributed by atoms with van der Waals surface area (Å²) in [6.07, 6.45) is -4.82. The van der Waals surface area contributed by atoms with E-state index in [1.54, 1.807) is 6.07 Å². The van der Waals surface area contributed by atoms with Gasteiger partial charge in [-0.05, 0) is 12.1 Å². The molecule has 0 amide bonds. The Hall–Kier alpha value is -0.390. The van der Waals surface area contributed by atoms with Gasteiger partial charge >= 0.3 is 6.18 Å². The molecule has 1 aromatic rings. The second kappa shape index (κ2) is 5.29. The number of carbonyl (C=O) groups is 1. The average Bonchev–Trinajstić information content (AvgIpc) is 2.15. The van der Waals surface area contributed by atoms with E-state index in [4.69, 9.17) is 23.2 Å². The zero-order valence-electron chi connectivity index (χ0n) is 7.65. The number of hydrogen-bond donors (Lipinski definition) is 0. The van der Waals surface area contributed by atoms with Crippen LogP contribution in [0, 0.1) is 0 Å². The van der Waals surface area contributed by atoms with Crippen molar-refractivity contribution in [2.24, 2.45) is 0 Å². The fourth-order valence-electron chi connectivity index (χ4n) is 0.840. The van der Waals surface area contributed by atoms with E-state index in [1.807, 2.05) is 0 Å². The highest BCUT2D eigenvalue weighted by Gasteiger charge is 2.37. The molecular weight excluding hydrogens is 284 g/mol. The number of hydrogen-bond acceptors (Lipinski definition) is 2. The molecule has 88 valence electrons. The van der Waals surface area contributed by atoms with Crippen LogP contribution in [0.25, 0.3) is 0 Å². The SMILES string of the molecule is O=C(CSc1c(Cl)cccc1Cl)C(F)(F)F. The molecule has 0 saturated heterocycles. The molecule has 0 atom stereocenters. The first-order valence-corrected chi connectivity index (χ1v) is 5.73. The zero-order chi connectivity index (χ0) is 12.3. The zero-order valence-corrected chi connectivity index (χ0v) is 9.97. The summed E-state index contributed by atoms with van der Waals surface area (Å²) in [5.74, 6) is -2.54. The van der Waals surface area contributed by atoms with E-state index in [2.05, 4.69) is 0 Å². The Morgan fingerprint density at radius 3 is 2.19 bits per heavy atom. The molecule has 16 heavy (non-hydrogen) atoms. The fraction of sp³-hybridized carbons (Fsp3) is 0.222. The molecule has 0 fully saturated rings. The van der Waals surface area contributed by atoms with Crippen molar-refractivity contribution in [3.05, 3.63) is 28.2 Å². The molecule has 0 unspecified atom stereocenters. The number of halogens is 5. The lowest BCUT2D eigenvalue weighted by Gasteiger charge is -2.07. The molecule has 0 aliphatic carbocycles. The lowest BCUT2D eigenvalue weighted by Crippen LogP contribution is -2.24. The molecule has 7 heteroatoms. The molecule has 0 aliphatic heterocycles. The van der Waals surface area contributed by atoms with E-state index >= 15 is 0 Å². The van der Waals surface area contributed by atoms with Crippen molar-refractivity contribution in [1.82, 2.24) is 0 Å². The van der Waals surface area contributed by atoms with Gasteiger partial charge in [0, 0.05) is 4.90 Å². The highest BCUT2D eigenvalue weighted by Crippen LogP contribution is 2.34. The third-order valence-electron chi connectivity index (χ3n) is 1.58. The van der Waals surface area contributed by atoms with Crippen LogP contribution in [0.4, 0.5) is 13.2 Å². The predicted octanol–water partition coefficient (Wildman–Crippen LogP) is 4.22. The Kier molecular flexibility index (Phi) is 4.52. The third kappa shape index (κ3) is 3.57. The van der Waals surface area contributed by atoms with Crippen LogP contribution in [0.1, 0.15) is 0 Å². The summed E-state index contributed by atoms with van der Waals surface area (Å²) in [6, 6.07) is 4.56. The molecule has 0 N–H and O–H groups in total. The third-order valence-corrected chi connectivity index (χ3v) is 3.57. The topological polar surface area (TPSA) is 17.1 Å². The van der Waals surface area contributed by atoms with E-state index in [0.717, 1.165) is 0 Å². The second-order valence-electron chi connectivity index (χ2n) is 2.76. The number of rotatable bonds is 3. The lowest BCUT2D eigenvalue weighted by molar-refractivity contribution is -0.167. The minimum atomic E-state index is -4.82. The summed E-state index contributed by atoms with van der Waals surface area (Å²) in [4.78, 5) is 10.9. The van der Waals surface area contributed by atoms with Gasteiger partial charge in [0.1, 0.15) is 0 Å². The number of carbonyl (C=O) groups excluding carboxylic acids is 1. The summed E-state index contributed by atoms with van der Waals surface area (Å²) in [7, 11) is 0. The maximum atomic E-state index is 11.9. The quantitative estimate of drug-likeness (QED) is 0.775. The van der Waals surface area contributed by atoms with E-state index in [1.165, 1.54) is 12.1 Å². The smallest absolute Gasteiger partial charge is 0.289 e. The van der Waals surface area contributed by atoms with Crippen molar-refractivity contribution in [3.8, 4) is 0 Å². The Morgan fingerprint density at radius 1 is 1.25 bits per heavy atom. The summed E-state index contributed by atoms with van der Waals surface area (Å²) in [6.45, 7) is 0. The summed E-state index contributed by atoms with van der Waals surface area (Å²) in [5.41, 5.74) is 0. The minimum absolute atomic E-state index is 0.229. The molecule has 1 rings (SSSR count). The van der Waals surface area contributed by atoms with Crippen LogP contribution in [0.15, 0.2) is 23.1 Å². The lowest BCUT2D eigenvalue weighted by atomic mass is 10.4. The Labute approximate surface area is 104 Å². The number of thioether (sulfide) groups is 1. The fourth-order valence-corrected chi connectivity index (χ4v) is 2.42. The maximum Gasteiger partial charge on any atom is 0.450 e. The number of benzene rings is 1. The first-order chi connectivity index (χ1) is 7.32.